The van der Waals surface area contributed by atoms with E-state index in [9.17, 15) is 32.8 Å². The van der Waals surface area contributed by atoms with Gasteiger partial charge in [0.15, 0.2) is 0 Å². The molecule has 342 valence electrons. The van der Waals surface area contributed by atoms with Crippen molar-refractivity contribution < 1.29 is 42.2 Å². The predicted molar refractivity (Wildman–Crippen MR) is 242 cm³/mol. The van der Waals surface area contributed by atoms with Gasteiger partial charge in [-0.1, -0.05) is 35.9 Å². The van der Waals surface area contributed by atoms with E-state index >= 15 is 0 Å². The van der Waals surface area contributed by atoms with E-state index in [-0.39, 0.29) is 80.6 Å². The number of carbonyl (C=O) groups excluding carboxylic acids is 5. The summed E-state index contributed by atoms with van der Waals surface area (Å²) in [5.74, 6) is -2.71. The average molecular weight is 922 g/mol. The van der Waals surface area contributed by atoms with E-state index in [4.69, 9.17) is 26.1 Å². The van der Waals surface area contributed by atoms with Gasteiger partial charge in [-0.05, 0) is 79.1 Å². The molecule has 2 aliphatic rings. The minimum atomic E-state index is -0.781. The number of anilines is 3. The number of hydrogen-bond acceptors (Lipinski definition) is 12. The maximum absolute atomic E-state index is 14.9. The highest BCUT2D eigenvalue weighted by atomic mass is 35.5. The number of benzene rings is 4. The number of aryl methyl sites for hydroxylation is 1. The molecule has 4 aromatic carbocycles. The SMILES string of the molecule is Cc1cccc(NC(=O)CNCCOCCOCCNC(=O)c2ccc(Nc3ncc4c(n3)-c3ccc(Cl)cc3C(c3c(F)cccc3F)=NC4)cc2)c1CN(C=O)C1CCC(=O)NC1=O. The molecule has 0 spiro atoms. The molecule has 0 aliphatic carbocycles. The normalized spacial score (nSPS) is 14.2. The summed E-state index contributed by atoms with van der Waals surface area (Å²) in [6, 6.07) is 20.0. The van der Waals surface area contributed by atoms with Crippen LogP contribution in [0.25, 0.3) is 11.3 Å². The molecule has 0 radical (unpaired) electrons. The first-order valence-corrected chi connectivity index (χ1v) is 21.5. The lowest BCUT2D eigenvalue weighted by Crippen LogP contribution is -2.51. The number of piperidine rings is 1. The van der Waals surface area contributed by atoms with Gasteiger partial charge in [0, 0.05) is 70.9 Å². The van der Waals surface area contributed by atoms with E-state index in [1.807, 2.05) is 13.0 Å². The van der Waals surface area contributed by atoms with Crippen molar-refractivity contribution in [1.82, 2.24) is 30.8 Å². The fourth-order valence-corrected chi connectivity index (χ4v) is 7.56. The highest BCUT2D eigenvalue weighted by molar-refractivity contribution is 6.31. The zero-order valence-electron chi connectivity index (χ0n) is 35.8. The van der Waals surface area contributed by atoms with Gasteiger partial charge in [0.1, 0.15) is 17.7 Å². The van der Waals surface area contributed by atoms with E-state index in [1.54, 1.807) is 60.8 Å². The van der Waals surface area contributed by atoms with E-state index in [1.165, 1.54) is 23.1 Å². The van der Waals surface area contributed by atoms with Crippen molar-refractivity contribution in [2.45, 2.75) is 38.9 Å². The van der Waals surface area contributed by atoms with Crippen LogP contribution in [0.5, 0.6) is 0 Å². The van der Waals surface area contributed by atoms with E-state index < -0.39 is 23.6 Å². The van der Waals surface area contributed by atoms with Gasteiger partial charge in [0.25, 0.3) is 5.91 Å². The van der Waals surface area contributed by atoms with Gasteiger partial charge in [-0.2, -0.15) is 0 Å². The lowest BCUT2D eigenvalue weighted by molar-refractivity contribution is -0.141. The standard InChI is InChI=1S/C47H46ClF2N9O7/c1-28-4-2-7-38(35(28)26-59(27-60)39-14-15-40(61)57-46(39)64)56-41(62)25-51-16-18-65-20-21-66-19-17-52-45(63)29-8-11-32(12-9-29)55-47-54-24-30-23-53-44(42-36(49)5-3-6-37(42)50)34-22-31(48)10-13-33(34)43(30)58-47/h2-13,22,24,27,39,51H,14-21,23,25-26H2,1H3,(H,52,63)(H,56,62)(H,54,55,58)(H,57,61,64). The molecule has 1 saturated heterocycles. The van der Waals surface area contributed by atoms with Crippen molar-refractivity contribution in [2.24, 2.45) is 4.99 Å². The Labute approximate surface area is 383 Å². The van der Waals surface area contributed by atoms with E-state index in [0.717, 1.165) is 5.56 Å². The second-order valence-corrected chi connectivity index (χ2v) is 15.7. The van der Waals surface area contributed by atoms with Crippen LogP contribution in [-0.2, 0) is 41.7 Å². The van der Waals surface area contributed by atoms with Gasteiger partial charge in [-0.3, -0.25) is 34.3 Å². The lowest BCUT2D eigenvalue weighted by Gasteiger charge is -2.31. The van der Waals surface area contributed by atoms with Crippen LogP contribution in [0, 0.1) is 18.6 Å². The first kappa shape index (κ1) is 47.0. The number of rotatable bonds is 20. The average Bonchev–Trinajstić information content (AvgIpc) is 3.44. The number of amides is 5. The smallest absolute Gasteiger partial charge is 0.251 e. The van der Waals surface area contributed by atoms with Crippen LogP contribution in [-0.4, -0.2) is 103 Å². The third-order valence-electron chi connectivity index (χ3n) is 10.8. The van der Waals surface area contributed by atoms with Crippen molar-refractivity contribution in [1.29, 1.82) is 0 Å². The molecule has 5 N–H and O–H groups in total. The number of hydrogen-bond donors (Lipinski definition) is 5. The fraction of sp³-hybridized carbons (Fsp3) is 0.277. The molecule has 2 aliphatic heterocycles. The molecular formula is C47H46ClF2N9O7. The van der Waals surface area contributed by atoms with Crippen LogP contribution < -0.4 is 26.6 Å². The van der Waals surface area contributed by atoms with Gasteiger partial charge in [-0.15, -0.1) is 0 Å². The summed E-state index contributed by atoms with van der Waals surface area (Å²) < 4.78 is 41.0. The first-order valence-electron chi connectivity index (χ1n) is 21.1. The maximum atomic E-state index is 14.9. The summed E-state index contributed by atoms with van der Waals surface area (Å²) in [5, 5.41) is 14.5. The fourth-order valence-electron chi connectivity index (χ4n) is 7.39. The molecule has 1 unspecified atom stereocenters. The summed E-state index contributed by atoms with van der Waals surface area (Å²) in [6.45, 7) is 3.88. The number of carbonyl (C=O) groups is 5. The van der Waals surface area contributed by atoms with Crippen molar-refractivity contribution in [3.63, 3.8) is 0 Å². The Morgan fingerprint density at radius 3 is 2.42 bits per heavy atom. The third-order valence-corrected chi connectivity index (χ3v) is 11.0. The Balaban J connectivity index is 0.788. The molecule has 7 rings (SSSR count). The summed E-state index contributed by atoms with van der Waals surface area (Å²) in [7, 11) is 0. The number of nitrogens with zero attached hydrogens (tertiary/aromatic N) is 4. The molecule has 1 fully saturated rings. The quantitative estimate of drug-likeness (QED) is 0.0388. The largest absolute Gasteiger partial charge is 0.378 e. The van der Waals surface area contributed by atoms with Crippen molar-refractivity contribution >= 4 is 64.7 Å². The summed E-state index contributed by atoms with van der Waals surface area (Å²) in [6.07, 6.45) is 2.55. The molecule has 5 amide bonds. The van der Waals surface area contributed by atoms with E-state index in [0.29, 0.717) is 82.7 Å². The molecule has 66 heavy (non-hydrogen) atoms. The van der Waals surface area contributed by atoms with Crippen LogP contribution in [0.2, 0.25) is 5.02 Å². The van der Waals surface area contributed by atoms with Crippen molar-refractivity contribution in [3.05, 3.63) is 135 Å². The number of aliphatic imine (C=N–C) groups is 1. The zero-order valence-corrected chi connectivity index (χ0v) is 36.6. The van der Waals surface area contributed by atoms with E-state index in [2.05, 4.69) is 36.6 Å². The number of imide groups is 1. The molecular weight excluding hydrogens is 876 g/mol. The van der Waals surface area contributed by atoms with Crippen LogP contribution in [0.15, 0.2) is 90.1 Å². The van der Waals surface area contributed by atoms with Crippen LogP contribution in [0.4, 0.5) is 26.1 Å². The number of nitrogens with one attached hydrogen (secondary N) is 5. The Morgan fingerprint density at radius 1 is 0.939 bits per heavy atom. The molecule has 0 saturated carbocycles. The van der Waals surface area contributed by atoms with Gasteiger partial charge in [-0.25, -0.2) is 18.7 Å². The molecule has 5 aromatic rings. The summed E-state index contributed by atoms with van der Waals surface area (Å²) in [5.41, 5.74) is 5.15. The van der Waals surface area contributed by atoms with Crippen LogP contribution in [0.3, 0.4) is 0 Å². The van der Waals surface area contributed by atoms with Crippen molar-refractivity contribution in [3.8, 4) is 11.3 Å². The van der Waals surface area contributed by atoms with Crippen molar-refractivity contribution in [2.75, 3.05) is 56.7 Å². The Morgan fingerprint density at radius 2 is 1.68 bits per heavy atom. The molecule has 0 bridgehead atoms. The molecule has 3 heterocycles. The van der Waals surface area contributed by atoms with Crippen LogP contribution >= 0.6 is 11.6 Å². The monoisotopic (exact) mass is 921 g/mol. The molecule has 19 heteroatoms. The number of ether oxygens (including phenoxy) is 2. The Bertz CT molecular complexity index is 2630. The maximum Gasteiger partial charge on any atom is 0.251 e. The second-order valence-electron chi connectivity index (χ2n) is 15.3. The zero-order chi connectivity index (χ0) is 46.6. The Hall–Kier alpha value is -6.99. The van der Waals surface area contributed by atoms with Crippen LogP contribution in [0.1, 0.15) is 51.0 Å². The summed E-state index contributed by atoms with van der Waals surface area (Å²) >= 11 is 6.34. The minimum Gasteiger partial charge on any atom is -0.378 e. The topological polar surface area (TPSA) is 205 Å². The highest BCUT2D eigenvalue weighted by Crippen LogP contribution is 2.35. The van der Waals surface area contributed by atoms with Gasteiger partial charge < -0.3 is 35.6 Å². The third kappa shape index (κ3) is 11.8. The van der Waals surface area contributed by atoms with Gasteiger partial charge in [0.05, 0.1) is 56.5 Å². The minimum absolute atomic E-state index is 0.00795. The number of aromatic nitrogens is 2. The lowest BCUT2D eigenvalue weighted by atomic mass is 9.95. The molecule has 16 nitrogen and oxygen atoms in total. The molecule has 1 aromatic heterocycles. The summed E-state index contributed by atoms with van der Waals surface area (Å²) in [4.78, 5) is 76.5. The second kappa shape index (κ2) is 22.3. The molecule has 1 atom stereocenters. The number of halogens is 3. The predicted octanol–water partition coefficient (Wildman–Crippen LogP) is 5.23. The Kier molecular flexibility index (Phi) is 15.9. The highest BCUT2D eigenvalue weighted by Gasteiger charge is 2.32. The first-order chi connectivity index (χ1) is 32.0. The van der Waals surface area contributed by atoms with Gasteiger partial charge >= 0.3 is 0 Å². The van der Waals surface area contributed by atoms with Gasteiger partial charge in [0.2, 0.25) is 30.1 Å². The number of fused-ring (bicyclic) bond motifs is 3.